The van der Waals surface area contributed by atoms with Crippen LogP contribution < -0.4 is 10.6 Å². The van der Waals surface area contributed by atoms with Crippen LogP contribution in [0.3, 0.4) is 0 Å². The van der Waals surface area contributed by atoms with Crippen molar-refractivity contribution < 1.29 is 4.74 Å². The second-order valence-electron chi connectivity index (χ2n) is 5.38. The van der Waals surface area contributed by atoms with E-state index in [1.165, 1.54) is 22.4 Å². The molecule has 3 nitrogen and oxygen atoms in total. The molecular formula is C18H24N2O. The van der Waals surface area contributed by atoms with Crippen LogP contribution in [-0.2, 0) is 11.3 Å². The molecule has 1 unspecified atom stereocenters. The Morgan fingerprint density at radius 2 is 1.86 bits per heavy atom. The molecule has 1 atom stereocenters. The SMILES string of the molecule is COCc1ccc(C(CN)N(C)c2cccc(C)c2)cc1. The van der Waals surface area contributed by atoms with Gasteiger partial charge in [-0.15, -0.1) is 0 Å². The van der Waals surface area contributed by atoms with Crippen molar-refractivity contribution in [1.82, 2.24) is 0 Å². The number of rotatable bonds is 6. The molecule has 0 saturated heterocycles. The molecule has 0 aliphatic rings. The van der Waals surface area contributed by atoms with E-state index in [9.17, 15) is 0 Å². The van der Waals surface area contributed by atoms with E-state index in [-0.39, 0.29) is 6.04 Å². The lowest BCUT2D eigenvalue weighted by atomic mass is 10.0. The van der Waals surface area contributed by atoms with E-state index in [4.69, 9.17) is 10.5 Å². The molecule has 2 rings (SSSR count). The number of hydrogen-bond acceptors (Lipinski definition) is 3. The van der Waals surface area contributed by atoms with Gasteiger partial charge in [-0.1, -0.05) is 36.4 Å². The maximum absolute atomic E-state index is 6.01. The number of ether oxygens (including phenoxy) is 1. The summed E-state index contributed by atoms with van der Waals surface area (Å²) in [4.78, 5) is 2.23. The summed E-state index contributed by atoms with van der Waals surface area (Å²) in [5.74, 6) is 0. The summed E-state index contributed by atoms with van der Waals surface area (Å²) in [6.45, 7) is 3.32. The van der Waals surface area contributed by atoms with Gasteiger partial charge < -0.3 is 15.4 Å². The van der Waals surface area contributed by atoms with E-state index in [0.29, 0.717) is 13.2 Å². The molecule has 2 aromatic carbocycles. The third-order valence-electron chi connectivity index (χ3n) is 3.78. The number of benzene rings is 2. The van der Waals surface area contributed by atoms with Crippen molar-refractivity contribution in [2.75, 3.05) is 25.6 Å². The molecule has 0 aliphatic heterocycles. The maximum atomic E-state index is 6.01. The monoisotopic (exact) mass is 284 g/mol. The molecule has 0 spiro atoms. The summed E-state index contributed by atoms with van der Waals surface area (Å²) in [6, 6.07) is 17.1. The van der Waals surface area contributed by atoms with Crippen LogP contribution in [0.1, 0.15) is 22.7 Å². The summed E-state index contributed by atoms with van der Waals surface area (Å²) in [5.41, 5.74) is 10.9. The van der Waals surface area contributed by atoms with Crippen molar-refractivity contribution in [1.29, 1.82) is 0 Å². The molecule has 0 radical (unpaired) electrons. The first-order valence-corrected chi connectivity index (χ1v) is 7.23. The largest absolute Gasteiger partial charge is 0.380 e. The first kappa shape index (κ1) is 15.5. The van der Waals surface area contributed by atoms with E-state index >= 15 is 0 Å². The zero-order valence-corrected chi connectivity index (χ0v) is 13.0. The van der Waals surface area contributed by atoms with Gasteiger partial charge in [0.05, 0.1) is 12.6 Å². The normalized spacial score (nSPS) is 12.2. The van der Waals surface area contributed by atoms with Gasteiger partial charge in [0.15, 0.2) is 0 Å². The van der Waals surface area contributed by atoms with E-state index in [2.05, 4.69) is 67.4 Å². The fourth-order valence-electron chi connectivity index (χ4n) is 2.55. The topological polar surface area (TPSA) is 38.5 Å². The number of likely N-dealkylation sites (N-methyl/N-ethyl adjacent to an activating group) is 1. The summed E-state index contributed by atoms with van der Waals surface area (Å²) in [7, 11) is 3.80. The van der Waals surface area contributed by atoms with E-state index in [1.807, 2.05) is 0 Å². The molecule has 0 fully saturated rings. The van der Waals surface area contributed by atoms with Gasteiger partial charge in [0.2, 0.25) is 0 Å². The van der Waals surface area contributed by atoms with Gasteiger partial charge in [0, 0.05) is 26.4 Å². The van der Waals surface area contributed by atoms with E-state index in [0.717, 1.165) is 0 Å². The van der Waals surface area contributed by atoms with Crippen molar-refractivity contribution in [3.63, 3.8) is 0 Å². The van der Waals surface area contributed by atoms with Crippen molar-refractivity contribution >= 4 is 5.69 Å². The molecule has 0 aliphatic carbocycles. The summed E-state index contributed by atoms with van der Waals surface area (Å²) >= 11 is 0. The predicted molar refractivity (Wildman–Crippen MR) is 88.5 cm³/mol. The number of nitrogens with two attached hydrogens (primary N) is 1. The molecule has 0 amide bonds. The minimum absolute atomic E-state index is 0.170. The number of aryl methyl sites for hydroxylation is 1. The highest BCUT2D eigenvalue weighted by atomic mass is 16.5. The first-order chi connectivity index (χ1) is 10.2. The lowest BCUT2D eigenvalue weighted by Crippen LogP contribution is -2.30. The highest BCUT2D eigenvalue weighted by Gasteiger charge is 2.16. The Bertz CT molecular complexity index is 566. The van der Waals surface area contributed by atoms with Crippen LogP contribution in [0, 0.1) is 6.92 Å². The Labute approximate surface area is 127 Å². The third kappa shape index (κ3) is 3.84. The molecule has 2 aromatic rings. The van der Waals surface area contributed by atoms with Gasteiger partial charge in [0.25, 0.3) is 0 Å². The molecule has 3 heteroatoms. The van der Waals surface area contributed by atoms with Gasteiger partial charge in [-0.2, -0.15) is 0 Å². The third-order valence-corrected chi connectivity index (χ3v) is 3.78. The number of anilines is 1. The zero-order valence-electron chi connectivity index (χ0n) is 13.0. The quantitative estimate of drug-likeness (QED) is 0.884. The van der Waals surface area contributed by atoms with Crippen LogP contribution in [0.15, 0.2) is 48.5 Å². The standard InChI is InChI=1S/C18H24N2O/c1-14-5-4-6-17(11-14)20(2)18(12-19)16-9-7-15(8-10-16)13-21-3/h4-11,18H,12-13,19H2,1-3H3. The predicted octanol–water partition coefficient (Wildman–Crippen LogP) is 3.28. The van der Waals surface area contributed by atoms with Gasteiger partial charge in [-0.05, 0) is 35.7 Å². The number of methoxy groups -OCH3 is 1. The average molecular weight is 284 g/mol. The van der Waals surface area contributed by atoms with E-state index in [1.54, 1.807) is 7.11 Å². The van der Waals surface area contributed by atoms with Crippen LogP contribution >= 0.6 is 0 Å². The fourth-order valence-corrected chi connectivity index (χ4v) is 2.55. The lowest BCUT2D eigenvalue weighted by molar-refractivity contribution is 0.185. The maximum Gasteiger partial charge on any atom is 0.0713 e. The van der Waals surface area contributed by atoms with Crippen molar-refractivity contribution in [3.05, 3.63) is 65.2 Å². The Morgan fingerprint density at radius 1 is 1.14 bits per heavy atom. The first-order valence-electron chi connectivity index (χ1n) is 7.23. The lowest BCUT2D eigenvalue weighted by Gasteiger charge is -2.30. The molecule has 21 heavy (non-hydrogen) atoms. The number of nitrogens with zero attached hydrogens (tertiary/aromatic N) is 1. The van der Waals surface area contributed by atoms with Gasteiger partial charge in [-0.25, -0.2) is 0 Å². The van der Waals surface area contributed by atoms with Crippen LogP contribution in [0.2, 0.25) is 0 Å². The Hall–Kier alpha value is -1.84. The second-order valence-corrected chi connectivity index (χ2v) is 5.38. The number of hydrogen-bond donors (Lipinski definition) is 1. The average Bonchev–Trinajstić information content (AvgIpc) is 2.50. The smallest absolute Gasteiger partial charge is 0.0713 e. The Kier molecular flexibility index (Phi) is 5.37. The van der Waals surface area contributed by atoms with Crippen LogP contribution in [0.5, 0.6) is 0 Å². The molecule has 0 heterocycles. The molecule has 0 aromatic heterocycles. The summed E-state index contributed by atoms with van der Waals surface area (Å²) < 4.78 is 5.15. The summed E-state index contributed by atoms with van der Waals surface area (Å²) in [6.07, 6.45) is 0. The van der Waals surface area contributed by atoms with Crippen LogP contribution in [-0.4, -0.2) is 20.7 Å². The Balaban J connectivity index is 2.22. The second kappa shape index (κ2) is 7.25. The molecule has 2 N–H and O–H groups in total. The minimum Gasteiger partial charge on any atom is -0.380 e. The summed E-state index contributed by atoms with van der Waals surface area (Å²) in [5, 5.41) is 0. The van der Waals surface area contributed by atoms with Crippen molar-refractivity contribution in [2.45, 2.75) is 19.6 Å². The molecule has 0 saturated carbocycles. The molecular weight excluding hydrogens is 260 g/mol. The Morgan fingerprint density at radius 3 is 2.43 bits per heavy atom. The van der Waals surface area contributed by atoms with Gasteiger partial charge in [-0.3, -0.25) is 0 Å². The molecule has 0 bridgehead atoms. The van der Waals surface area contributed by atoms with Gasteiger partial charge >= 0.3 is 0 Å². The fraction of sp³-hybridized carbons (Fsp3) is 0.333. The van der Waals surface area contributed by atoms with Crippen molar-refractivity contribution in [2.24, 2.45) is 5.73 Å². The van der Waals surface area contributed by atoms with E-state index < -0.39 is 0 Å². The minimum atomic E-state index is 0.170. The van der Waals surface area contributed by atoms with Crippen LogP contribution in [0.25, 0.3) is 0 Å². The van der Waals surface area contributed by atoms with Crippen molar-refractivity contribution in [3.8, 4) is 0 Å². The highest BCUT2D eigenvalue weighted by molar-refractivity contribution is 5.50. The van der Waals surface area contributed by atoms with Gasteiger partial charge in [0.1, 0.15) is 0 Å². The highest BCUT2D eigenvalue weighted by Crippen LogP contribution is 2.25. The molecule has 112 valence electrons. The van der Waals surface area contributed by atoms with Crippen LogP contribution in [0.4, 0.5) is 5.69 Å². The zero-order chi connectivity index (χ0) is 15.2.